The number of ketones is 1. The number of Topliss-reactive ketones (excluding diaryl/α,β-unsaturated/α-hetero) is 1. The molecule has 6 nitrogen and oxygen atoms in total. The van der Waals surface area contributed by atoms with Crippen molar-refractivity contribution in [2.75, 3.05) is 0 Å². The minimum Gasteiger partial charge on any atom is -0.299 e. The van der Waals surface area contributed by atoms with Crippen LogP contribution in [0.4, 0.5) is 0 Å². The fourth-order valence-corrected chi connectivity index (χ4v) is 2.97. The quantitative estimate of drug-likeness (QED) is 0.616. The highest BCUT2D eigenvalue weighted by atomic mass is 16.1. The van der Waals surface area contributed by atoms with Gasteiger partial charge in [-0.3, -0.25) is 14.3 Å². The summed E-state index contributed by atoms with van der Waals surface area (Å²) >= 11 is 0. The Labute approximate surface area is 158 Å². The van der Waals surface area contributed by atoms with Crippen molar-refractivity contribution in [1.82, 2.24) is 19.6 Å². The lowest BCUT2D eigenvalue weighted by atomic mass is 10.0. The van der Waals surface area contributed by atoms with Gasteiger partial charge in [-0.25, -0.2) is 4.68 Å². The zero-order valence-electron chi connectivity index (χ0n) is 15.8. The Bertz CT molecular complexity index is 988. The largest absolute Gasteiger partial charge is 0.299 e. The molecule has 0 N–H and O–H groups in total. The van der Waals surface area contributed by atoms with Crippen molar-refractivity contribution in [1.29, 1.82) is 0 Å². The van der Waals surface area contributed by atoms with Crippen LogP contribution in [0.1, 0.15) is 43.0 Å². The molecule has 2 heterocycles. The molecule has 6 heteroatoms. The first-order chi connectivity index (χ1) is 13.0. The van der Waals surface area contributed by atoms with Crippen LogP contribution >= 0.6 is 0 Å². The maximum atomic E-state index is 12.2. The molecule has 0 bridgehead atoms. The van der Waals surface area contributed by atoms with Gasteiger partial charge in [-0.2, -0.15) is 10.2 Å². The van der Waals surface area contributed by atoms with Gasteiger partial charge in [0, 0.05) is 38.6 Å². The Hall–Kier alpha value is -3.02. The lowest BCUT2D eigenvalue weighted by molar-refractivity contribution is -0.118. The molecule has 0 fully saturated rings. The molecule has 0 aliphatic rings. The van der Waals surface area contributed by atoms with Crippen LogP contribution in [0.5, 0.6) is 0 Å². The van der Waals surface area contributed by atoms with Crippen LogP contribution in [0.25, 0.3) is 5.69 Å². The zero-order valence-corrected chi connectivity index (χ0v) is 15.8. The van der Waals surface area contributed by atoms with Crippen molar-refractivity contribution in [3.8, 4) is 5.69 Å². The molecule has 0 atom stereocenters. The first-order valence-electron chi connectivity index (χ1n) is 9.22. The number of carbonyl (C=O) groups is 1. The third-order valence-corrected chi connectivity index (χ3v) is 4.41. The van der Waals surface area contributed by atoms with Crippen molar-refractivity contribution in [3.05, 3.63) is 76.0 Å². The van der Waals surface area contributed by atoms with E-state index in [1.54, 1.807) is 21.8 Å². The van der Waals surface area contributed by atoms with Gasteiger partial charge in [-0.15, -0.1) is 0 Å². The summed E-state index contributed by atoms with van der Waals surface area (Å²) in [5.74, 6) is 0.255. The molecule has 0 saturated heterocycles. The van der Waals surface area contributed by atoms with Crippen molar-refractivity contribution >= 4 is 5.78 Å². The molecule has 0 radical (unpaired) electrons. The molecule has 2 aromatic heterocycles. The molecule has 0 unspecified atom stereocenters. The second-order valence-electron chi connectivity index (χ2n) is 6.76. The Balaban J connectivity index is 1.78. The Morgan fingerprint density at radius 3 is 2.74 bits per heavy atom. The van der Waals surface area contributed by atoms with Crippen LogP contribution in [0.2, 0.25) is 0 Å². The van der Waals surface area contributed by atoms with E-state index in [1.807, 2.05) is 37.5 Å². The average Bonchev–Trinajstić information content (AvgIpc) is 3.08. The minimum atomic E-state index is -0.0976. The predicted octanol–water partition coefficient (Wildman–Crippen LogP) is 2.86. The SMILES string of the molecule is CCCCC(=O)Cc1cccc(Cc2nn(-c3cnn(C)c3)ccc2=O)c1. The van der Waals surface area contributed by atoms with Gasteiger partial charge in [0.1, 0.15) is 17.2 Å². The van der Waals surface area contributed by atoms with E-state index >= 15 is 0 Å². The monoisotopic (exact) mass is 364 g/mol. The molecule has 140 valence electrons. The second-order valence-corrected chi connectivity index (χ2v) is 6.76. The highest BCUT2D eigenvalue weighted by Crippen LogP contribution is 2.11. The Kier molecular flexibility index (Phi) is 5.96. The third kappa shape index (κ3) is 5.00. The van der Waals surface area contributed by atoms with Crippen molar-refractivity contribution in [3.63, 3.8) is 0 Å². The first kappa shape index (κ1) is 18.8. The fourth-order valence-electron chi connectivity index (χ4n) is 2.97. The number of aromatic nitrogens is 4. The summed E-state index contributed by atoms with van der Waals surface area (Å²) in [6.07, 6.45) is 8.62. The number of unbranched alkanes of at least 4 members (excludes halogenated alkanes) is 1. The minimum absolute atomic E-state index is 0.0976. The summed E-state index contributed by atoms with van der Waals surface area (Å²) in [7, 11) is 1.83. The summed E-state index contributed by atoms with van der Waals surface area (Å²) in [6.45, 7) is 2.08. The summed E-state index contributed by atoms with van der Waals surface area (Å²) in [6, 6.07) is 9.36. The predicted molar refractivity (Wildman–Crippen MR) is 104 cm³/mol. The van der Waals surface area contributed by atoms with E-state index in [-0.39, 0.29) is 11.2 Å². The molecule has 0 aliphatic carbocycles. The van der Waals surface area contributed by atoms with E-state index in [0.29, 0.717) is 25.0 Å². The van der Waals surface area contributed by atoms with Crippen LogP contribution < -0.4 is 5.43 Å². The van der Waals surface area contributed by atoms with Gasteiger partial charge in [0.25, 0.3) is 0 Å². The summed E-state index contributed by atoms with van der Waals surface area (Å²) in [5.41, 5.74) is 3.13. The van der Waals surface area contributed by atoms with Crippen LogP contribution in [0.15, 0.2) is 53.7 Å². The van der Waals surface area contributed by atoms with Gasteiger partial charge in [-0.05, 0) is 17.5 Å². The molecular weight excluding hydrogens is 340 g/mol. The number of rotatable bonds is 8. The first-order valence-corrected chi connectivity index (χ1v) is 9.22. The topological polar surface area (TPSA) is 69.8 Å². The van der Waals surface area contributed by atoms with Gasteiger partial charge in [0.05, 0.1) is 12.4 Å². The number of benzene rings is 1. The van der Waals surface area contributed by atoms with Gasteiger partial charge in [0.2, 0.25) is 5.43 Å². The van der Waals surface area contributed by atoms with Crippen molar-refractivity contribution in [2.24, 2.45) is 7.05 Å². The standard InChI is InChI=1S/C21H24N4O2/c1-3-4-8-19(26)12-16-6-5-7-17(11-16)13-20-21(27)9-10-25(23-20)18-14-22-24(2)15-18/h5-7,9-11,14-15H,3-4,8,12-13H2,1-2H3. The van der Waals surface area contributed by atoms with Crippen LogP contribution in [-0.4, -0.2) is 25.3 Å². The van der Waals surface area contributed by atoms with E-state index in [4.69, 9.17) is 0 Å². The lowest BCUT2D eigenvalue weighted by Crippen LogP contribution is -2.16. The highest BCUT2D eigenvalue weighted by Gasteiger charge is 2.08. The molecule has 3 rings (SSSR count). The fraction of sp³-hybridized carbons (Fsp3) is 0.333. The molecule has 1 aromatic carbocycles. The average molecular weight is 364 g/mol. The van der Waals surface area contributed by atoms with Gasteiger partial charge in [-0.1, -0.05) is 37.6 Å². The highest BCUT2D eigenvalue weighted by molar-refractivity contribution is 5.80. The van der Waals surface area contributed by atoms with Crippen LogP contribution in [0.3, 0.4) is 0 Å². The molecular formula is C21H24N4O2. The third-order valence-electron chi connectivity index (χ3n) is 4.41. The van der Waals surface area contributed by atoms with E-state index in [2.05, 4.69) is 17.1 Å². The van der Waals surface area contributed by atoms with E-state index in [1.165, 1.54) is 6.07 Å². The number of aryl methyl sites for hydroxylation is 1. The number of nitrogens with zero attached hydrogens (tertiary/aromatic N) is 4. The molecule has 0 saturated carbocycles. The van der Waals surface area contributed by atoms with E-state index in [9.17, 15) is 9.59 Å². The van der Waals surface area contributed by atoms with Crippen molar-refractivity contribution < 1.29 is 4.79 Å². The normalized spacial score (nSPS) is 10.9. The van der Waals surface area contributed by atoms with Gasteiger partial charge >= 0.3 is 0 Å². The van der Waals surface area contributed by atoms with Gasteiger partial charge in [0.15, 0.2) is 0 Å². The Morgan fingerprint density at radius 1 is 1.19 bits per heavy atom. The number of hydrogen-bond acceptors (Lipinski definition) is 4. The maximum Gasteiger partial charge on any atom is 0.203 e. The lowest BCUT2D eigenvalue weighted by Gasteiger charge is -2.07. The summed E-state index contributed by atoms with van der Waals surface area (Å²) < 4.78 is 3.34. The molecule has 3 aromatic rings. The molecule has 27 heavy (non-hydrogen) atoms. The maximum absolute atomic E-state index is 12.2. The second kappa shape index (κ2) is 8.58. The molecule has 0 aliphatic heterocycles. The Morgan fingerprint density at radius 2 is 2.00 bits per heavy atom. The van der Waals surface area contributed by atoms with Crippen LogP contribution in [0, 0.1) is 0 Å². The number of carbonyl (C=O) groups excluding carboxylic acids is 1. The number of hydrogen-bond donors (Lipinski definition) is 0. The molecule has 0 amide bonds. The summed E-state index contributed by atoms with van der Waals surface area (Å²) in [4.78, 5) is 24.3. The van der Waals surface area contributed by atoms with E-state index < -0.39 is 0 Å². The molecule has 0 spiro atoms. The summed E-state index contributed by atoms with van der Waals surface area (Å²) in [5, 5.41) is 8.60. The zero-order chi connectivity index (χ0) is 19.2. The van der Waals surface area contributed by atoms with Gasteiger partial charge < -0.3 is 0 Å². The van der Waals surface area contributed by atoms with Crippen molar-refractivity contribution in [2.45, 2.75) is 39.0 Å². The van der Waals surface area contributed by atoms with E-state index in [0.717, 1.165) is 29.7 Å². The smallest absolute Gasteiger partial charge is 0.203 e. The van der Waals surface area contributed by atoms with Crippen LogP contribution in [-0.2, 0) is 24.7 Å².